The van der Waals surface area contributed by atoms with Crippen molar-refractivity contribution in [1.29, 1.82) is 0 Å². The van der Waals surface area contributed by atoms with Crippen LogP contribution in [0.2, 0.25) is 0 Å². The molecule has 1 aliphatic heterocycles. The molecule has 22 heavy (non-hydrogen) atoms. The number of fused-ring (bicyclic) bond motifs is 3. The Morgan fingerprint density at radius 3 is 2.14 bits per heavy atom. The van der Waals surface area contributed by atoms with Crippen molar-refractivity contribution in [2.75, 3.05) is 5.32 Å². The summed E-state index contributed by atoms with van der Waals surface area (Å²) >= 11 is 0. The molecule has 1 aliphatic rings. The zero-order valence-electron chi connectivity index (χ0n) is 12.0. The van der Waals surface area contributed by atoms with E-state index >= 15 is 0 Å². The largest absolute Gasteiger partial charge is 0.325 e. The maximum atomic E-state index is 12.8. The first-order valence-corrected chi connectivity index (χ1v) is 7.39. The molecule has 0 fully saturated rings. The van der Waals surface area contributed by atoms with Crippen molar-refractivity contribution in [3.05, 3.63) is 90.0 Å². The van der Waals surface area contributed by atoms with Crippen molar-refractivity contribution in [3.63, 3.8) is 0 Å². The molecular weight excluding hydrogens is 270 g/mol. The highest BCUT2D eigenvalue weighted by atomic mass is 16.1. The predicted octanol–water partition coefficient (Wildman–Crippen LogP) is 4.44. The first-order chi connectivity index (χ1) is 10.8. The topological polar surface area (TPSA) is 29.1 Å². The Labute approximate surface area is 129 Å². The van der Waals surface area contributed by atoms with E-state index in [1.54, 1.807) is 0 Å². The Morgan fingerprint density at radius 2 is 1.32 bits per heavy atom. The van der Waals surface area contributed by atoms with Crippen LogP contribution in [0.1, 0.15) is 17.0 Å². The Bertz CT molecular complexity index is 839. The summed E-state index contributed by atoms with van der Waals surface area (Å²) in [6.07, 6.45) is 0. The molecule has 1 N–H and O–H groups in total. The summed E-state index contributed by atoms with van der Waals surface area (Å²) in [6, 6.07) is 26.1. The number of hydrogen-bond donors (Lipinski definition) is 1. The molecule has 2 nitrogen and oxygen atoms in total. The summed E-state index contributed by atoms with van der Waals surface area (Å²) in [6.45, 7) is 0. The van der Waals surface area contributed by atoms with E-state index in [0.717, 1.165) is 27.9 Å². The third kappa shape index (κ3) is 2.01. The Balaban J connectivity index is 1.99. The van der Waals surface area contributed by atoms with Crippen LogP contribution in [-0.2, 0) is 4.79 Å². The SMILES string of the molecule is O=C1Nc2ccccc2-c2ccccc2C1c1ccccc1. The number of rotatable bonds is 1. The van der Waals surface area contributed by atoms with Gasteiger partial charge in [-0.2, -0.15) is 0 Å². The number of hydrogen-bond acceptors (Lipinski definition) is 1. The van der Waals surface area contributed by atoms with Crippen molar-refractivity contribution in [2.24, 2.45) is 0 Å². The molecule has 3 aromatic carbocycles. The third-order valence-electron chi connectivity index (χ3n) is 4.14. The van der Waals surface area contributed by atoms with Gasteiger partial charge in [-0.3, -0.25) is 4.79 Å². The lowest BCUT2D eigenvalue weighted by atomic mass is 9.86. The molecule has 2 heteroatoms. The number of carbonyl (C=O) groups is 1. The molecule has 1 atom stereocenters. The molecule has 0 bridgehead atoms. The highest BCUT2D eigenvalue weighted by Gasteiger charge is 2.29. The molecule has 0 spiro atoms. The molecule has 0 aromatic heterocycles. The van der Waals surface area contributed by atoms with E-state index in [0.29, 0.717) is 0 Å². The molecule has 0 saturated carbocycles. The van der Waals surface area contributed by atoms with E-state index in [9.17, 15) is 4.79 Å². The quantitative estimate of drug-likeness (QED) is 0.703. The maximum absolute atomic E-state index is 12.8. The Kier molecular flexibility index (Phi) is 3.01. The number of nitrogens with one attached hydrogen (secondary N) is 1. The first kappa shape index (κ1) is 12.8. The fourth-order valence-corrected chi connectivity index (χ4v) is 3.14. The van der Waals surface area contributed by atoms with Gasteiger partial charge in [0.2, 0.25) is 5.91 Å². The molecular formula is C20H15NO. The average Bonchev–Trinajstić information content (AvgIpc) is 2.69. The molecule has 3 aromatic rings. The molecule has 0 aliphatic carbocycles. The van der Waals surface area contributed by atoms with E-state index in [1.807, 2.05) is 60.7 Å². The zero-order valence-corrected chi connectivity index (χ0v) is 12.0. The van der Waals surface area contributed by atoms with Crippen molar-refractivity contribution < 1.29 is 4.79 Å². The van der Waals surface area contributed by atoms with E-state index < -0.39 is 0 Å². The summed E-state index contributed by atoms with van der Waals surface area (Å²) in [5.41, 5.74) is 5.13. The van der Waals surface area contributed by atoms with Gasteiger partial charge in [-0.25, -0.2) is 0 Å². The van der Waals surface area contributed by atoms with Crippen LogP contribution in [0.15, 0.2) is 78.9 Å². The van der Waals surface area contributed by atoms with Gasteiger partial charge >= 0.3 is 0 Å². The number of para-hydroxylation sites is 1. The average molecular weight is 285 g/mol. The second kappa shape index (κ2) is 5.15. The van der Waals surface area contributed by atoms with Gasteiger partial charge in [0, 0.05) is 11.3 Å². The van der Waals surface area contributed by atoms with Gasteiger partial charge in [0.15, 0.2) is 0 Å². The molecule has 4 rings (SSSR count). The van der Waals surface area contributed by atoms with Crippen LogP contribution in [-0.4, -0.2) is 5.91 Å². The second-order valence-electron chi connectivity index (χ2n) is 5.47. The Hall–Kier alpha value is -2.87. The third-order valence-corrected chi connectivity index (χ3v) is 4.14. The highest BCUT2D eigenvalue weighted by molar-refractivity contribution is 6.05. The standard InChI is InChI=1S/C20H15NO/c22-20-19(14-8-2-1-3-9-14)17-12-5-4-10-15(17)16-11-6-7-13-18(16)21-20/h1-13,19H,(H,21,22). The van der Waals surface area contributed by atoms with Crippen LogP contribution in [0.4, 0.5) is 5.69 Å². The molecule has 0 radical (unpaired) electrons. The summed E-state index contributed by atoms with van der Waals surface area (Å²) < 4.78 is 0. The lowest BCUT2D eigenvalue weighted by Crippen LogP contribution is -2.20. The number of anilines is 1. The maximum Gasteiger partial charge on any atom is 0.236 e. The lowest BCUT2D eigenvalue weighted by Gasteiger charge is -2.16. The normalized spacial score (nSPS) is 16.2. The van der Waals surface area contributed by atoms with Gasteiger partial charge in [-0.15, -0.1) is 0 Å². The first-order valence-electron chi connectivity index (χ1n) is 7.39. The molecule has 1 heterocycles. The van der Waals surface area contributed by atoms with Crippen LogP contribution in [0.25, 0.3) is 11.1 Å². The van der Waals surface area contributed by atoms with Gasteiger partial charge in [-0.1, -0.05) is 72.8 Å². The Morgan fingerprint density at radius 1 is 0.682 bits per heavy atom. The van der Waals surface area contributed by atoms with Crippen LogP contribution >= 0.6 is 0 Å². The fraction of sp³-hybridized carbons (Fsp3) is 0.0500. The van der Waals surface area contributed by atoms with Crippen molar-refractivity contribution in [1.82, 2.24) is 0 Å². The van der Waals surface area contributed by atoms with Crippen LogP contribution in [0.5, 0.6) is 0 Å². The minimum atomic E-state index is -0.287. The fourth-order valence-electron chi connectivity index (χ4n) is 3.14. The van der Waals surface area contributed by atoms with Crippen molar-refractivity contribution in [3.8, 4) is 11.1 Å². The summed E-state index contributed by atoms with van der Waals surface area (Å²) in [5, 5.41) is 3.08. The van der Waals surface area contributed by atoms with Gasteiger partial charge in [0.1, 0.15) is 0 Å². The van der Waals surface area contributed by atoms with Gasteiger partial charge in [0.25, 0.3) is 0 Å². The second-order valence-corrected chi connectivity index (χ2v) is 5.47. The minimum absolute atomic E-state index is 0.0172. The van der Waals surface area contributed by atoms with Crippen LogP contribution in [0.3, 0.4) is 0 Å². The number of carbonyl (C=O) groups excluding carboxylic acids is 1. The van der Waals surface area contributed by atoms with Crippen molar-refractivity contribution in [2.45, 2.75) is 5.92 Å². The minimum Gasteiger partial charge on any atom is -0.325 e. The van der Waals surface area contributed by atoms with E-state index in [2.05, 4.69) is 23.5 Å². The van der Waals surface area contributed by atoms with Gasteiger partial charge < -0.3 is 5.32 Å². The van der Waals surface area contributed by atoms with E-state index in [-0.39, 0.29) is 11.8 Å². The highest BCUT2D eigenvalue weighted by Crippen LogP contribution is 2.40. The van der Waals surface area contributed by atoms with Crippen LogP contribution < -0.4 is 5.32 Å². The van der Waals surface area contributed by atoms with Gasteiger partial charge in [-0.05, 0) is 22.8 Å². The summed E-state index contributed by atoms with van der Waals surface area (Å²) in [4.78, 5) is 12.8. The molecule has 0 saturated heterocycles. The number of benzene rings is 3. The molecule has 1 unspecified atom stereocenters. The predicted molar refractivity (Wildman–Crippen MR) is 88.8 cm³/mol. The molecule has 1 amide bonds. The van der Waals surface area contributed by atoms with E-state index in [1.165, 1.54) is 0 Å². The monoisotopic (exact) mass is 285 g/mol. The summed E-state index contributed by atoms with van der Waals surface area (Å²) in [5.74, 6) is -0.270. The molecule has 106 valence electrons. The number of amides is 1. The lowest BCUT2D eigenvalue weighted by molar-refractivity contribution is -0.116. The zero-order chi connectivity index (χ0) is 14.9. The summed E-state index contributed by atoms with van der Waals surface area (Å²) in [7, 11) is 0. The van der Waals surface area contributed by atoms with Gasteiger partial charge in [0.05, 0.1) is 5.92 Å². The van der Waals surface area contributed by atoms with E-state index in [4.69, 9.17) is 0 Å². The van der Waals surface area contributed by atoms with Crippen LogP contribution in [0, 0.1) is 0 Å². The van der Waals surface area contributed by atoms with Crippen molar-refractivity contribution >= 4 is 11.6 Å². The smallest absolute Gasteiger partial charge is 0.236 e.